The number of aliphatic hydroxyl groups excluding tert-OH is 1. The lowest BCUT2D eigenvalue weighted by Gasteiger charge is -2.13. The lowest BCUT2D eigenvalue weighted by Crippen LogP contribution is -2.07. The van der Waals surface area contributed by atoms with Gasteiger partial charge in [-0.1, -0.05) is 6.92 Å². The van der Waals surface area contributed by atoms with Gasteiger partial charge in [-0.05, 0) is 31.5 Å². The quantitative estimate of drug-likeness (QED) is 0.831. The third-order valence-corrected chi connectivity index (χ3v) is 2.11. The Morgan fingerprint density at radius 3 is 2.47 bits per heavy atom. The van der Waals surface area contributed by atoms with Crippen LogP contribution in [0.5, 0.6) is 5.75 Å². The molecule has 0 saturated heterocycles. The maximum atomic E-state index is 13.2. The van der Waals surface area contributed by atoms with Gasteiger partial charge in [0, 0.05) is 18.6 Å². The molecule has 0 heterocycles. The molecular weight excluding hydrogens is 195 g/mol. The highest BCUT2D eigenvalue weighted by molar-refractivity contribution is 5.31. The normalized spacial score (nSPS) is 12.9. The molecule has 0 radical (unpaired) electrons. The van der Waals surface area contributed by atoms with Gasteiger partial charge in [-0.25, -0.2) is 4.39 Å². The summed E-state index contributed by atoms with van der Waals surface area (Å²) in [5.41, 5.74) is 0.758. The number of aliphatic hydroxyl groups is 1. The van der Waals surface area contributed by atoms with Gasteiger partial charge >= 0.3 is 0 Å². The summed E-state index contributed by atoms with van der Waals surface area (Å²) in [6, 6.07) is 4.55. The van der Waals surface area contributed by atoms with Crippen LogP contribution < -0.4 is 4.74 Å². The van der Waals surface area contributed by atoms with Crippen molar-refractivity contribution in [1.82, 2.24) is 0 Å². The number of hydrogen-bond donors (Lipinski definition) is 1. The maximum Gasteiger partial charge on any atom is 0.127 e. The Kier molecular flexibility index (Phi) is 4.09. The van der Waals surface area contributed by atoms with Crippen molar-refractivity contribution in [3.8, 4) is 5.75 Å². The smallest absolute Gasteiger partial charge is 0.127 e. The molecule has 1 aromatic rings. The van der Waals surface area contributed by atoms with E-state index in [1.807, 2.05) is 20.8 Å². The second-order valence-electron chi connectivity index (χ2n) is 3.97. The highest BCUT2D eigenvalue weighted by Gasteiger charge is 2.08. The summed E-state index contributed by atoms with van der Waals surface area (Å²) in [4.78, 5) is 0. The summed E-state index contributed by atoms with van der Waals surface area (Å²) in [5, 5.41) is 8.99. The van der Waals surface area contributed by atoms with Crippen LogP contribution >= 0.6 is 0 Å². The topological polar surface area (TPSA) is 29.5 Å². The average Bonchev–Trinajstić information content (AvgIpc) is 2.14. The molecule has 1 aromatic carbocycles. The SMILES string of the molecule is CC(C)Oc1cc(F)cc(C(C)CO)c1. The second-order valence-corrected chi connectivity index (χ2v) is 3.97. The van der Waals surface area contributed by atoms with Crippen molar-refractivity contribution in [2.75, 3.05) is 6.61 Å². The fraction of sp³-hybridized carbons (Fsp3) is 0.500. The van der Waals surface area contributed by atoms with Gasteiger partial charge in [0.1, 0.15) is 11.6 Å². The molecule has 0 aliphatic carbocycles. The van der Waals surface area contributed by atoms with E-state index >= 15 is 0 Å². The van der Waals surface area contributed by atoms with E-state index in [-0.39, 0.29) is 24.4 Å². The van der Waals surface area contributed by atoms with Gasteiger partial charge in [-0.15, -0.1) is 0 Å². The highest BCUT2D eigenvalue weighted by Crippen LogP contribution is 2.23. The zero-order valence-corrected chi connectivity index (χ0v) is 9.33. The van der Waals surface area contributed by atoms with E-state index in [2.05, 4.69) is 0 Å². The predicted octanol–water partition coefficient (Wildman–Crippen LogP) is 2.71. The Hall–Kier alpha value is -1.09. The van der Waals surface area contributed by atoms with Gasteiger partial charge in [0.2, 0.25) is 0 Å². The lowest BCUT2D eigenvalue weighted by molar-refractivity contribution is 0.240. The van der Waals surface area contributed by atoms with Crippen LogP contribution in [-0.4, -0.2) is 17.8 Å². The average molecular weight is 212 g/mol. The first kappa shape index (κ1) is 12.0. The number of benzene rings is 1. The minimum absolute atomic E-state index is 0.00454. The first-order valence-corrected chi connectivity index (χ1v) is 5.11. The van der Waals surface area contributed by atoms with Crippen LogP contribution in [0.1, 0.15) is 32.3 Å². The first-order chi connectivity index (χ1) is 7.02. The minimum Gasteiger partial charge on any atom is -0.491 e. The number of hydrogen-bond acceptors (Lipinski definition) is 2. The van der Waals surface area contributed by atoms with Gasteiger partial charge in [-0.2, -0.15) is 0 Å². The molecule has 2 nitrogen and oxygen atoms in total. The molecule has 0 aromatic heterocycles. The fourth-order valence-electron chi connectivity index (χ4n) is 1.31. The predicted molar refractivity (Wildman–Crippen MR) is 57.7 cm³/mol. The Morgan fingerprint density at radius 2 is 1.93 bits per heavy atom. The molecule has 0 saturated carbocycles. The zero-order valence-electron chi connectivity index (χ0n) is 9.33. The summed E-state index contributed by atoms with van der Waals surface area (Å²) in [6.45, 7) is 5.62. The molecule has 0 aliphatic rings. The highest BCUT2D eigenvalue weighted by atomic mass is 19.1. The molecule has 0 spiro atoms. The molecular formula is C12H17FO2. The molecule has 0 fully saturated rings. The van der Waals surface area contributed by atoms with E-state index in [9.17, 15) is 4.39 Å². The van der Waals surface area contributed by atoms with E-state index in [1.165, 1.54) is 12.1 Å². The third kappa shape index (κ3) is 3.51. The molecule has 1 unspecified atom stereocenters. The van der Waals surface area contributed by atoms with Crippen LogP contribution in [0.4, 0.5) is 4.39 Å². The standard InChI is InChI=1S/C12H17FO2/c1-8(2)15-12-5-10(9(3)7-14)4-11(13)6-12/h4-6,8-9,14H,7H2,1-3H3. The summed E-state index contributed by atoms with van der Waals surface area (Å²) in [5.74, 6) is 0.110. The first-order valence-electron chi connectivity index (χ1n) is 5.11. The number of halogens is 1. The molecule has 0 amide bonds. The van der Waals surface area contributed by atoms with E-state index in [1.54, 1.807) is 6.07 Å². The Bertz CT molecular complexity index is 323. The molecule has 1 rings (SSSR count). The number of ether oxygens (including phenoxy) is 1. The summed E-state index contributed by atoms with van der Waals surface area (Å²) >= 11 is 0. The Balaban J connectivity index is 2.94. The monoisotopic (exact) mass is 212 g/mol. The van der Waals surface area contributed by atoms with Crippen LogP contribution in [0, 0.1) is 5.82 Å². The van der Waals surface area contributed by atoms with Crippen LogP contribution in [0.3, 0.4) is 0 Å². The van der Waals surface area contributed by atoms with E-state index in [0.717, 1.165) is 5.56 Å². The minimum atomic E-state index is -0.330. The van der Waals surface area contributed by atoms with Crippen LogP contribution in [0.25, 0.3) is 0 Å². The summed E-state index contributed by atoms with van der Waals surface area (Å²) < 4.78 is 18.6. The van der Waals surface area contributed by atoms with Crippen molar-refractivity contribution < 1.29 is 14.2 Å². The number of rotatable bonds is 4. The van der Waals surface area contributed by atoms with Gasteiger partial charge in [0.05, 0.1) is 6.10 Å². The third-order valence-electron chi connectivity index (χ3n) is 2.11. The second kappa shape index (κ2) is 5.12. The van der Waals surface area contributed by atoms with Crippen molar-refractivity contribution >= 4 is 0 Å². The molecule has 1 N–H and O–H groups in total. The van der Waals surface area contributed by atoms with Crippen LogP contribution in [0.2, 0.25) is 0 Å². The van der Waals surface area contributed by atoms with E-state index in [4.69, 9.17) is 9.84 Å². The molecule has 3 heteroatoms. The van der Waals surface area contributed by atoms with Gasteiger partial charge in [0.15, 0.2) is 0 Å². The van der Waals surface area contributed by atoms with Crippen molar-refractivity contribution in [2.45, 2.75) is 32.8 Å². The van der Waals surface area contributed by atoms with Crippen molar-refractivity contribution in [1.29, 1.82) is 0 Å². The largest absolute Gasteiger partial charge is 0.491 e. The van der Waals surface area contributed by atoms with Gasteiger partial charge in [0.25, 0.3) is 0 Å². The Morgan fingerprint density at radius 1 is 1.27 bits per heavy atom. The van der Waals surface area contributed by atoms with Gasteiger partial charge < -0.3 is 9.84 Å². The fourth-order valence-corrected chi connectivity index (χ4v) is 1.31. The van der Waals surface area contributed by atoms with Crippen molar-refractivity contribution in [2.24, 2.45) is 0 Å². The molecule has 15 heavy (non-hydrogen) atoms. The van der Waals surface area contributed by atoms with E-state index in [0.29, 0.717) is 5.75 Å². The molecule has 84 valence electrons. The van der Waals surface area contributed by atoms with E-state index < -0.39 is 0 Å². The van der Waals surface area contributed by atoms with Crippen LogP contribution in [0.15, 0.2) is 18.2 Å². The maximum absolute atomic E-state index is 13.2. The van der Waals surface area contributed by atoms with Crippen molar-refractivity contribution in [3.05, 3.63) is 29.6 Å². The summed E-state index contributed by atoms with van der Waals surface area (Å²) in [6.07, 6.45) is 0.0177. The molecule has 0 aliphatic heterocycles. The Labute approximate surface area is 89.7 Å². The zero-order chi connectivity index (χ0) is 11.4. The van der Waals surface area contributed by atoms with Crippen molar-refractivity contribution in [3.63, 3.8) is 0 Å². The lowest BCUT2D eigenvalue weighted by atomic mass is 10.0. The molecule has 1 atom stereocenters. The van der Waals surface area contributed by atoms with Crippen LogP contribution in [-0.2, 0) is 0 Å². The molecule has 0 bridgehead atoms. The summed E-state index contributed by atoms with van der Waals surface area (Å²) in [7, 11) is 0. The van der Waals surface area contributed by atoms with Gasteiger partial charge in [-0.3, -0.25) is 0 Å².